The van der Waals surface area contributed by atoms with Crippen molar-refractivity contribution < 1.29 is 9.00 Å². The fourth-order valence-corrected chi connectivity index (χ4v) is 3.66. The first-order valence-electron chi connectivity index (χ1n) is 6.54. The molecule has 1 rings (SSSR count). The molecule has 100 valence electrons. The van der Waals surface area contributed by atoms with Gasteiger partial charge in [0, 0.05) is 28.6 Å². The maximum absolute atomic E-state index is 12.0. The molecular weight excluding hydrogens is 236 g/mol. The minimum atomic E-state index is -1.01. The lowest BCUT2D eigenvalue weighted by molar-refractivity contribution is -0.118. The first-order chi connectivity index (χ1) is 8.17. The summed E-state index contributed by atoms with van der Waals surface area (Å²) in [6.45, 7) is 5.74. The van der Waals surface area contributed by atoms with E-state index in [0.29, 0.717) is 12.6 Å². The molecule has 0 bridgehead atoms. The van der Waals surface area contributed by atoms with Crippen LogP contribution in [0.3, 0.4) is 0 Å². The van der Waals surface area contributed by atoms with E-state index in [-0.39, 0.29) is 16.9 Å². The molecule has 3 unspecified atom stereocenters. The predicted molar refractivity (Wildman–Crippen MR) is 71.4 cm³/mol. The second-order valence-electron chi connectivity index (χ2n) is 4.56. The highest BCUT2D eigenvalue weighted by Crippen LogP contribution is 2.23. The van der Waals surface area contributed by atoms with Gasteiger partial charge in [0.25, 0.3) is 0 Å². The van der Waals surface area contributed by atoms with Gasteiger partial charge in [0.2, 0.25) is 5.91 Å². The molecule has 1 amide bonds. The normalized spacial score (nSPS) is 25.8. The van der Waals surface area contributed by atoms with Crippen LogP contribution < -0.4 is 10.6 Å². The van der Waals surface area contributed by atoms with E-state index in [1.165, 1.54) is 0 Å². The molecule has 4 nitrogen and oxygen atoms in total. The van der Waals surface area contributed by atoms with Gasteiger partial charge in [-0.2, -0.15) is 0 Å². The minimum Gasteiger partial charge on any atom is -0.355 e. The molecule has 3 atom stereocenters. The summed E-state index contributed by atoms with van der Waals surface area (Å²) in [6.07, 6.45) is 3.93. The molecule has 0 aromatic carbocycles. The Balaban J connectivity index is 2.27. The molecule has 0 heterocycles. The van der Waals surface area contributed by atoms with Gasteiger partial charge in [-0.05, 0) is 32.2 Å². The summed E-state index contributed by atoms with van der Waals surface area (Å²) in [6, 6.07) is 0.493. The summed E-state index contributed by atoms with van der Waals surface area (Å²) in [5, 5.41) is 6.36. The molecule has 0 saturated heterocycles. The van der Waals surface area contributed by atoms with Crippen molar-refractivity contribution in [1.29, 1.82) is 0 Å². The van der Waals surface area contributed by atoms with Crippen molar-refractivity contribution >= 4 is 16.7 Å². The summed E-state index contributed by atoms with van der Waals surface area (Å²) in [4.78, 5) is 11.5. The fourth-order valence-electron chi connectivity index (χ4n) is 2.22. The number of hydrogen-bond acceptors (Lipinski definition) is 3. The molecular formula is C12H24N2O2S. The van der Waals surface area contributed by atoms with Gasteiger partial charge in [-0.1, -0.05) is 13.8 Å². The van der Waals surface area contributed by atoms with Crippen LogP contribution in [-0.4, -0.2) is 40.3 Å². The highest BCUT2D eigenvalue weighted by atomic mass is 32.2. The van der Waals surface area contributed by atoms with Crippen LogP contribution in [0.15, 0.2) is 0 Å². The van der Waals surface area contributed by atoms with Gasteiger partial charge in [0.1, 0.15) is 5.75 Å². The second kappa shape index (κ2) is 7.82. The van der Waals surface area contributed by atoms with Gasteiger partial charge in [-0.3, -0.25) is 9.00 Å². The van der Waals surface area contributed by atoms with Crippen molar-refractivity contribution in [2.75, 3.05) is 18.8 Å². The van der Waals surface area contributed by atoms with Crippen molar-refractivity contribution in [1.82, 2.24) is 10.6 Å². The Bertz CT molecular complexity index is 271. The average molecular weight is 260 g/mol. The van der Waals surface area contributed by atoms with Gasteiger partial charge in [0.15, 0.2) is 0 Å². The summed E-state index contributed by atoms with van der Waals surface area (Å²) in [5.41, 5.74) is 0. The maximum Gasteiger partial charge on any atom is 0.232 e. The lowest BCUT2D eigenvalue weighted by Gasteiger charge is -2.11. The Kier molecular flexibility index (Phi) is 6.73. The number of rotatable bonds is 7. The van der Waals surface area contributed by atoms with E-state index in [1.54, 1.807) is 0 Å². The highest BCUT2D eigenvalue weighted by molar-refractivity contribution is 7.86. The summed E-state index contributed by atoms with van der Waals surface area (Å²) < 4.78 is 12.0. The molecule has 0 aromatic heterocycles. The lowest BCUT2D eigenvalue weighted by Crippen LogP contribution is -2.32. The minimum absolute atomic E-state index is 0.0721. The number of hydrogen-bond donors (Lipinski definition) is 2. The van der Waals surface area contributed by atoms with E-state index in [0.717, 1.165) is 32.2 Å². The van der Waals surface area contributed by atoms with Crippen molar-refractivity contribution in [3.63, 3.8) is 0 Å². The summed E-state index contributed by atoms with van der Waals surface area (Å²) >= 11 is 0. The molecule has 1 aliphatic rings. The second-order valence-corrected chi connectivity index (χ2v) is 6.28. The Morgan fingerprint density at radius 1 is 1.35 bits per heavy atom. The number of carbonyl (C=O) groups is 1. The van der Waals surface area contributed by atoms with Crippen molar-refractivity contribution in [2.24, 2.45) is 0 Å². The largest absolute Gasteiger partial charge is 0.355 e. The molecule has 17 heavy (non-hydrogen) atoms. The molecule has 0 aromatic rings. The smallest absolute Gasteiger partial charge is 0.232 e. The lowest BCUT2D eigenvalue weighted by atomic mass is 10.2. The quantitative estimate of drug-likeness (QED) is 0.711. The first kappa shape index (κ1) is 14.6. The number of nitrogens with one attached hydrogen (secondary N) is 2. The maximum atomic E-state index is 12.0. The van der Waals surface area contributed by atoms with E-state index in [1.807, 2.05) is 6.92 Å². The van der Waals surface area contributed by atoms with Crippen molar-refractivity contribution in [3.8, 4) is 0 Å². The zero-order valence-corrected chi connectivity index (χ0v) is 11.6. The van der Waals surface area contributed by atoms with E-state index >= 15 is 0 Å². The Labute approximate surface area is 106 Å². The van der Waals surface area contributed by atoms with Crippen molar-refractivity contribution in [2.45, 2.75) is 50.8 Å². The SMILES string of the molecule is CCCNC(=O)CS(=O)C1CCC(NCC)C1. The summed E-state index contributed by atoms with van der Waals surface area (Å²) in [5.74, 6) is 0.0980. The topological polar surface area (TPSA) is 58.2 Å². The van der Waals surface area contributed by atoms with Crippen LogP contribution in [0, 0.1) is 0 Å². The van der Waals surface area contributed by atoms with Crippen LogP contribution in [-0.2, 0) is 15.6 Å². The molecule has 1 aliphatic carbocycles. The standard InChI is InChI=1S/C12H24N2O2S/c1-3-7-14-12(15)9-17(16)11-6-5-10(8-11)13-4-2/h10-11,13H,3-9H2,1-2H3,(H,14,15). The predicted octanol–water partition coefficient (Wildman–Crippen LogP) is 0.792. The number of amides is 1. The van der Waals surface area contributed by atoms with Gasteiger partial charge in [-0.15, -0.1) is 0 Å². The van der Waals surface area contributed by atoms with Crippen LogP contribution in [0.5, 0.6) is 0 Å². The monoisotopic (exact) mass is 260 g/mol. The Morgan fingerprint density at radius 2 is 2.12 bits per heavy atom. The van der Waals surface area contributed by atoms with E-state index in [9.17, 15) is 9.00 Å². The van der Waals surface area contributed by atoms with Crippen LogP contribution in [0.25, 0.3) is 0 Å². The number of carbonyl (C=O) groups excluding carboxylic acids is 1. The molecule has 0 spiro atoms. The van der Waals surface area contributed by atoms with Crippen LogP contribution in [0.4, 0.5) is 0 Å². The fraction of sp³-hybridized carbons (Fsp3) is 0.917. The van der Waals surface area contributed by atoms with Crippen LogP contribution in [0.1, 0.15) is 39.5 Å². The van der Waals surface area contributed by atoms with Crippen LogP contribution >= 0.6 is 0 Å². The zero-order valence-electron chi connectivity index (χ0n) is 10.8. The molecule has 0 aliphatic heterocycles. The van der Waals surface area contributed by atoms with Gasteiger partial charge < -0.3 is 10.6 Å². The first-order valence-corrected chi connectivity index (χ1v) is 7.92. The molecule has 1 fully saturated rings. The van der Waals surface area contributed by atoms with Crippen molar-refractivity contribution in [3.05, 3.63) is 0 Å². The Morgan fingerprint density at radius 3 is 2.76 bits per heavy atom. The van der Waals surface area contributed by atoms with Crippen LogP contribution in [0.2, 0.25) is 0 Å². The Hall–Kier alpha value is -0.420. The van der Waals surface area contributed by atoms with E-state index < -0.39 is 10.8 Å². The average Bonchev–Trinajstić information content (AvgIpc) is 2.75. The highest BCUT2D eigenvalue weighted by Gasteiger charge is 2.29. The third-order valence-corrected chi connectivity index (χ3v) is 4.81. The van der Waals surface area contributed by atoms with Gasteiger partial charge in [0.05, 0.1) is 0 Å². The third-order valence-electron chi connectivity index (χ3n) is 3.09. The van der Waals surface area contributed by atoms with E-state index in [2.05, 4.69) is 17.6 Å². The molecule has 1 saturated carbocycles. The molecule has 2 N–H and O–H groups in total. The zero-order chi connectivity index (χ0) is 12.7. The van der Waals surface area contributed by atoms with E-state index in [4.69, 9.17) is 0 Å². The molecule has 0 radical (unpaired) electrons. The third kappa shape index (κ3) is 5.17. The van der Waals surface area contributed by atoms with Gasteiger partial charge >= 0.3 is 0 Å². The molecule has 5 heteroatoms. The summed E-state index contributed by atoms with van der Waals surface area (Å²) in [7, 11) is -1.01. The van der Waals surface area contributed by atoms with Gasteiger partial charge in [-0.25, -0.2) is 0 Å².